The molecule has 0 saturated heterocycles. The second kappa shape index (κ2) is 9.55. The van der Waals surface area contributed by atoms with E-state index in [1.807, 2.05) is 47.2 Å². The van der Waals surface area contributed by atoms with Crippen LogP contribution in [-0.2, 0) is 4.79 Å². The molecular formula is C22H18BrClN4OS. The largest absolute Gasteiger partial charge is 0.384 e. The summed E-state index contributed by atoms with van der Waals surface area (Å²) in [4.78, 5) is 21.3. The average Bonchev–Trinajstić information content (AvgIpc) is 3.40. The number of nitrogens with one attached hydrogen (secondary N) is 2. The highest BCUT2D eigenvalue weighted by Crippen LogP contribution is 2.32. The Morgan fingerprint density at radius 1 is 1.27 bits per heavy atom. The number of hydrogen-bond acceptors (Lipinski definition) is 5. The highest BCUT2D eigenvalue weighted by molar-refractivity contribution is 9.12. The predicted molar refractivity (Wildman–Crippen MR) is 129 cm³/mol. The van der Waals surface area contributed by atoms with Crippen LogP contribution in [0.5, 0.6) is 0 Å². The molecule has 152 valence electrons. The third-order valence-electron chi connectivity index (χ3n) is 4.54. The number of thiophene rings is 1. The molecule has 3 heterocycles. The smallest absolute Gasteiger partial charge is 0.244 e. The molecule has 0 spiro atoms. The molecule has 2 aliphatic rings. The van der Waals surface area contributed by atoms with Crippen LogP contribution in [0.1, 0.15) is 11.1 Å². The van der Waals surface area contributed by atoms with Crippen LogP contribution in [0.25, 0.3) is 6.08 Å². The van der Waals surface area contributed by atoms with Crippen molar-refractivity contribution in [3.05, 3.63) is 85.3 Å². The first kappa shape index (κ1) is 20.8. The number of amides is 1. The van der Waals surface area contributed by atoms with Crippen LogP contribution in [-0.4, -0.2) is 37.0 Å². The molecule has 4 rings (SSSR count). The van der Waals surface area contributed by atoms with Gasteiger partial charge >= 0.3 is 0 Å². The number of aliphatic imine (C=N–C) groups is 2. The van der Waals surface area contributed by atoms with Gasteiger partial charge in [0, 0.05) is 41.7 Å². The van der Waals surface area contributed by atoms with E-state index in [1.54, 1.807) is 29.7 Å². The second-order valence-electron chi connectivity index (χ2n) is 6.60. The summed E-state index contributed by atoms with van der Waals surface area (Å²) in [7, 11) is 0. The molecule has 1 atom stereocenters. The predicted octanol–water partition coefficient (Wildman–Crippen LogP) is 4.57. The number of fused-ring (bicyclic) bond motifs is 1. The summed E-state index contributed by atoms with van der Waals surface area (Å²) >= 11 is 11.5. The Bertz CT molecular complexity index is 1100. The quantitative estimate of drug-likeness (QED) is 0.431. The zero-order chi connectivity index (χ0) is 20.9. The highest BCUT2D eigenvalue weighted by Gasteiger charge is 2.29. The minimum absolute atomic E-state index is 0.124. The molecule has 0 saturated carbocycles. The van der Waals surface area contributed by atoms with Gasteiger partial charge in [0.15, 0.2) is 0 Å². The Morgan fingerprint density at radius 3 is 2.93 bits per heavy atom. The fourth-order valence-electron chi connectivity index (χ4n) is 3.09. The molecule has 0 aliphatic carbocycles. The van der Waals surface area contributed by atoms with Crippen molar-refractivity contribution in [1.29, 1.82) is 0 Å². The molecule has 1 aromatic carbocycles. The summed E-state index contributed by atoms with van der Waals surface area (Å²) < 4.78 is 0.858. The van der Waals surface area contributed by atoms with E-state index in [-0.39, 0.29) is 11.9 Å². The number of carbonyl (C=O) groups is 1. The van der Waals surface area contributed by atoms with Crippen LogP contribution in [0.3, 0.4) is 0 Å². The lowest BCUT2D eigenvalue weighted by Crippen LogP contribution is -2.34. The Labute approximate surface area is 192 Å². The van der Waals surface area contributed by atoms with E-state index in [0.29, 0.717) is 18.1 Å². The van der Waals surface area contributed by atoms with Gasteiger partial charge < -0.3 is 10.6 Å². The Hall–Kier alpha value is -2.48. The maximum Gasteiger partial charge on any atom is 0.244 e. The molecular weight excluding hydrogens is 484 g/mol. The maximum absolute atomic E-state index is 12.0. The van der Waals surface area contributed by atoms with Gasteiger partial charge in [-0.25, -0.2) is 4.99 Å². The van der Waals surface area contributed by atoms with E-state index in [4.69, 9.17) is 16.6 Å². The lowest BCUT2D eigenvalue weighted by atomic mass is 10.0. The van der Waals surface area contributed by atoms with E-state index in [2.05, 4.69) is 31.6 Å². The summed E-state index contributed by atoms with van der Waals surface area (Å²) in [6.07, 6.45) is 7.09. The van der Waals surface area contributed by atoms with Gasteiger partial charge in [0.1, 0.15) is 6.04 Å². The van der Waals surface area contributed by atoms with E-state index < -0.39 is 0 Å². The summed E-state index contributed by atoms with van der Waals surface area (Å²) in [5.74, 6) is -0.124. The summed E-state index contributed by atoms with van der Waals surface area (Å²) in [6.45, 7) is 1.05. The van der Waals surface area contributed by atoms with E-state index in [1.165, 1.54) is 0 Å². The normalized spacial score (nSPS) is 17.7. The van der Waals surface area contributed by atoms with Gasteiger partial charge in [-0.1, -0.05) is 29.8 Å². The minimum atomic E-state index is -0.181. The van der Waals surface area contributed by atoms with E-state index >= 15 is 0 Å². The molecule has 2 aromatic rings. The molecule has 0 fully saturated rings. The van der Waals surface area contributed by atoms with Gasteiger partial charge in [-0.2, -0.15) is 11.3 Å². The topological polar surface area (TPSA) is 65.8 Å². The molecule has 30 heavy (non-hydrogen) atoms. The van der Waals surface area contributed by atoms with Crippen molar-refractivity contribution in [3.8, 4) is 0 Å². The highest BCUT2D eigenvalue weighted by atomic mass is 79.9. The van der Waals surface area contributed by atoms with Gasteiger partial charge in [-0.05, 0) is 56.5 Å². The first-order chi connectivity index (χ1) is 14.6. The third-order valence-corrected chi connectivity index (χ3v) is 6.18. The van der Waals surface area contributed by atoms with E-state index in [0.717, 1.165) is 32.7 Å². The number of rotatable bonds is 7. The SMILES string of the molecule is O=C(/C=C/c1ccsc1)NCCNC1=CC(c2ccccc2Cl)=NC2=C(Br)C=NC12. The third kappa shape index (κ3) is 4.80. The molecule has 2 aliphatic heterocycles. The zero-order valence-corrected chi connectivity index (χ0v) is 19.0. The fourth-order valence-corrected chi connectivity index (χ4v) is 4.37. The van der Waals surface area contributed by atoms with Crippen molar-refractivity contribution in [2.75, 3.05) is 13.1 Å². The van der Waals surface area contributed by atoms with Gasteiger partial charge in [0.05, 0.1) is 15.9 Å². The van der Waals surface area contributed by atoms with Crippen LogP contribution >= 0.6 is 38.9 Å². The van der Waals surface area contributed by atoms with Gasteiger partial charge in [0.25, 0.3) is 0 Å². The van der Waals surface area contributed by atoms with Crippen molar-refractivity contribution >= 4 is 62.8 Å². The number of allylic oxidation sites excluding steroid dienone is 2. The zero-order valence-electron chi connectivity index (χ0n) is 15.8. The molecule has 1 amide bonds. The molecule has 0 radical (unpaired) electrons. The molecule has 1 aromatic heterocycles. The first-order valence-corrected chi connectivity index (χ1v) is 11.4. The second-order valence-corrected chi connectivity index (χ2v) is 8.64. The molecule has 0 bridgehead atoms. The summed E-state index contributed by atoms with van der Waals surface area (Å²) in [5.41, 5.74) is 4.43. The Morgan fingerprint density at radius 2 is 2.13 bits per heavy atom. The minimum Gasteiger partial charge on any atom is -0.384 e. The van der Waals surface area contributed by atoms with Crippen LogP contribution in [0.15, 0.2) is 79.1 Å². The average molecular weight is 502 g/mol. The van der Waals surface area contributed by atoms with Crippen LogP contribution in [0.4, 0.5) is 0 Å². The molecule has 2 N–H and O–H groups in total. The lowest BCUT2D eigenvalue weighted by molar-refractivity contribution is -0.116. The first-order valence-electron chi connectivity index (χ1n) is 9.32. The maximum atomic E-state index is 12.0. The number of carbonyl (C=O) groups excluding carboxylic acids is 1. The monoisotopic (exact) mass is 500 g/mol. The van der Waals surface area contributed by atoms with Crippen molar-refractivity contribution < 1.29 is 4.79 Å². The van der Waals surface area contributed by atoms with Crippen molar-refractivity contribution in [3.63, 3.8) is 0 Å². The standard InChI is InChI=1S/C22H18BrClN4OS/c23-16-12-27-22-19(11-18(28-21(16)22)15-3-1-2-4-17(15)24)25-8-9-26-20(29)6-5-14-7-10-30-13-14/h1-7,10-13,22,25H,8-9H2,(H,26,29)/b6-5+. The molecule has 5 nitrogen and oxygen atoms in total. The van der Waals surface area contributed by atoms with Gasteiger partial charge in [-0.3, -0.25) is 9.79 Å². The number of nitrogens with zero attached hydrogens (tertiary/aromatic N) is 2. The number of hydrogen-bond donors (Lipinski definition) is 2. The number of dihydropyridines is 1. The van der Waals surface area contributed by atoms with E-state index in [9.17, 15) is 4.79 Å². The van der Waals surface area contributed by atoms with Crippen LogP contribution in [0, 0.1) is 0 Å². The summed E-state index contributed by atoms with van der Waals surface area (Å²) in [5, 5.41) is 10.9. The molecule has 1 unspecified atom stereocenters. The Kier molecular flexibility index (Phi) is 6.62. The molecule has 8 heteroatoms. The summed E-state index contributed by atoms with van der Waals surface area (Å²) in [6, 6.07) is 9.41. The van der Waals surface area contributed by atoms with Crippen molar-refractivity contribution in [2.45, 2.75) is 6.04 Å². The Balaban J connectivity index is 1.40. The fraction of sp³-hybridized carbons (Fsp3) is 0.136. The van der Waals surface area contributed by atoms with Gasteiger partial charge in [0.2, 0.25) is 5.91 Å². The van der Waals surface area contributed by atoms with Crippen LogP contribution in [0.2, 0.25) is 5.02 Å². The van der Waals surface area contributed by atoms with Crippen molar-refractivity contribution in [2.24, 2.45) is 9.98 Å². The van der Waals surface area contributed by atoms with Crippen molar-refractivity contribution in [1.82, 2.24) is 10.6 Å². The lowest BCUT2D eigenvalue weighted by Gasteiger charge is -2.22. The number of benzene rings is 1. The number of halogens is 2. The van der Waals surface area contributed by atoms with Gasteiger partial charge in [-0.15, -0.1) is 0 Å². The van der Waals surface area contributed by atoms with Crippen LogP contribution < -0.4 is 10.6 Å².